The molecule has 2 fully saturated rings. The van der Waals surface area contributed by atoms with E-state index in [9.17, 15) is 18.7 Å². The molecule has 1 aromatic carbocycles. The maximum absolute atomic E-state index is 13.1. The van der Waals surface area contributed by atoms with Crippen LogP contribution in [0.2, 0.25) is 0 Å². The zero-order valence-electron chi connectivity index (χ0n) is 10.9. The largest absolute Gasteiger partial charge is 0.493 e. The predicted octanol–water partition coefficient (Wildman–Crippen LogP) is 3.23. The number of aliphatic carboxylic acids is 1. The van der Waals surface area contributed by atoms with Crippen LogP contribution in [0.3, 0.4) is 0 Å². The second-order valence-electron chi connectivity index (χ2n) is 5.72. The van der Waals surface area contributed by atoms with E-state index in [1.54, 1.807) is 24.3 Å². The number of halogens is 2. The van der Waals surface area contributed by atoms with Crippen molar-refractivity contribution < 1.29 is 23.4 Å². The fraction of sp³-hybridized carbons (Fsp3) is 0.533. The van der Waals surface area contributed by atoms with Crippen LogP contribution < -0.4 is 4.74 Å². The number of hydrogen-bond acceptors (Lipinski definition) is 2. The van der Waals surface area contributed by atoms with E-state index < -0.39 is 23.2 Å². The number of hydrogen-bond donors (Lipinski definition) is 1. The minimum absolute atomic E-state index is 0.0103. The molecule has 2 saturated carbocycles. The summed E-state index contributed by atoms with van der Waals surface area (Å²) in [5, 5.41) is 9.19. The Balaban J connectivity index is 1.61. The van der Waals surface area contributed by atoms with E-state index in [-0.39, 0.29) is 13.0 Å². The van der Waals surface area contributed by atoms with Crippen LogP contribution in [-0.2, 0) is 10.2 Å². The van der Waals surface area contributed by atoms with Gasteiger partial charge in [-0.3, -0.25) is 4.79 Å². The minimum Gasteiger partial charge on any atom is -0.493 e. The van der Waals surface area contributed by atoms with Crippen molar-refractivity contribution in [3.05, 3.63) is 29.8 Å². The molecular weight excluding hydrogens is 266 g/mol. The first-order valence-electron chi connectivity index (χ1n) is 6.79. The maximum atomic E-state index is 13.1. The van der Waals surface area contributed by atoms with Gasteiger partial charge in [0.15, 0.2) is 0 Å². The molecule has 0 aromatic heterocycles. The molecule has 0 heterocycles. The predicted molar refractivity (Wildman–Crippen MR) is 68.2 cm³/mol. The highest BCUT2D eigenvalue weighted by molar-refractivity contribution is 5.84. The van der Waals surface area contributed by atoms with Crippen LogP contribution in [0.5, 0.6) is 5.75 Å². The van der Waals surface area contributed by atoms with E-state index in [1.807, 2.05) is 0 Å². The van der Waals surface area contributed by atoms with Crippen molar-refractivity contribution >= 4 is 5.97 Å². The smallest absolute Gasteiger partial charge is 0.314 e. The van der Waals surface area contributed by atoms with E-state index in [0.29, 0.717) is 25.0 Å². The molecule has 1 N–H and O–H groups in total. The third-order valence-corrected chi connectivity index (χ3v) is 4.44. The van der Waals surface area contributed by atoms with Gasteiger partial charge < -0.3 is 9.84 Å². The van der Waals surface area contributed by atoms with Crippen LogP contribution in [0.25, 0.3) is 0 Å². The summed E-state index contributed by atoms with van der Waals surface area (Å²) in [6.07, 6.45) is 1.74. The quantitative estimate of drug-likeness (QED) is 0.902. The zero-order chi connectivity index (χ0) is 14.4. The fourth-order valence-electron chi connectivity index (χ4n) is 2.59. The molecule has 20 heavy (non-hydrogen) atoms. The van der Waals surface area contributed by atoms with Gasteiger partial charge in [0.05, 0.1) is 17.9 Å². The summed E-state index contributed by atoms with van der Waals surface area (Å²) in [5.74, 6) is -3.59. The summed E-state index contributed by atoms with van der Waals surface area (Å²) >= 11 is 0. The Morgan fingerprint density at radius 2 is 1.90 bits per heavy atom. The number of carboxylic acid groups (broad SMARTS) is 1. The zero-order valence-corrected chi connectivity index (χ0v) is 10.9. The Kier molecular flexibility index (Phi) is 2.96. The lowest BCUT2D eigenvalue weighted by atomic mass is 9.81. The Morgan fingerprint density at radius 1 is 1.25 bits per heavy atom. The highest BCUT2D eigenvalue weighted by Gasteiger charge is 2.51. The van der Waals surface area contributed by atoms with Crippen LogP contribution in [-0.4, -0.2) is 23.6 Å². The number of alkyl halides is 2. The first-order chi connectivity index (χ1) is 9.44. The maximum Gasteiger partial charge on any atom is 0.314 e. The lowest BCUT2D eigenvalue weighted by molar-refractivity contribution is -0.143. The van der Waals surface area contributed by atoms with Gasteiger partial charge in [0.2, 0.25) is 0 Å². The van der Waals surface area contributed by atoms with Gasteiger partial charge in [-0.05, 0) is 37.0 Å². The van der Waals surface area contributed by atoms with Crippen molar-refractivity contribution in [3.8, 4) is 5.75 Å². The van der Waals surface area contributed by atoms with Gasteiger partial charge >= 0.3 is 5.97 Å². The molecule has 1 aromatic rings. The summed E-state index contributed by atoms with van der Waals surface area (Å²) in [6, 6.07) is 6.76. The molecule has 3 nitrogen and oxygen atoms in total. The van der Waals surface area contributed by atoms with E-state index in [1.165, 1.54) is 0 Å². The van der Waals surface area contributed by atoms with Gasteiger partial charge in [-0.15, -0.1) is 0 Å². The first kappa shape index (κ1) is 13.3. The Labute approximate surface area is 115 Å². The molecule has 0 amide bonds. The van der Waals surface area contributed by atoms with Gasteiger partial charge in [-0.2, -0.15) is 0 Å². The molecule has 0 spiro atoms. The summed E-state index contributed by atoms with van der Waals surface area (Å²) < 4.78 is 31.5. The SMILES string of the molecule is O=C(O)C1(c2ccc(OCC3CCC3(F)F)cc2)CC1. The standard InChI is InChI=1S/C15H16F2O3/c16-15(17)6-5-11(15)9-20-12-3-1-10(2-4-12)14(7-8-14)13(18)19/h1-4,11H,5-9H2,(H,18,19). The van der Waals surface area contributed by atoms with Gasteiger partial charge in [-0.25, -0.2) is 8.78 Å². The first-order valence-corrected chi connectivity index (χ1v) is 6.79. The van der Waals surface area contributed by atoms with Crippen LogP contribution in [0.1, 0.15) is 31.2 Å². The third-order valence-electron chi connectivity index (χ3n) is 4.44. The fourth-order valence-corrected chi connectivity index (χ4v) is 2.59. The van der Waals surface area contributed by atoms with Gasteiger partial charge in [0.25, 0.3) is 5.92 Å². The van der Waals surface area contributed by atoms with E-state index in [4.69, 9.17) is 4.74 Å². The Morgan fingerprint density at radius 3 is 2.30 bits per heavy atom. The molecule has 1 atom stereocenters. The van der Waals surface area contributed by atoms with Gasteiger partial charge in [-0.1, -0.05) is 12.1 Å². The molecule has 5 heteroatoms. The minimum atomic E-state index is -2.60. The molecule has 2 aliphatic carbocycles. The van der Waals surface area contributed by atoms with Crippen molar-refractivity contribution in [2.24, 2.45) is 5.92 Å². The number of ether oxygens (including phenoxy) is 1. The van der Waals surface area contributed by atoms with Crippen molar-refractivity contribution in [2.75, 3.05) is 6.61 Å². The lowest BCUT2D eigenvalue weighted by Crippen LogP contribution is -2.42. The molecule has 3 rings (SSSR count). The summed E-state index contributed by atoms with van der Waals surface area (Å²) in [7, 11) is 0. The highest BCUT2D eigenvalue weighted by atomic mass is 19.3. The molecule has 108 valence electrons. The number of carbonyl (C=O) groups is 1. The summed E-state index contributed by atoms with van der Waals surface area (Å²) in [4.78, 5) is 11.2. The third kappa shape index (κ3) is 2.15. The van der Waals surface area contributed by atoms with Crippen LogP contribution in [0.15, 0.2) is 24.3 Å². The van der Waals surface area contributed by atoms with E-state index >= 15 is 0 Å². The monoisotopic (exact) mass is 282 g/mol. The van der Waals surface area contributed by atoms with Crippen LogP contribution >= 0.6 is 0 Å². The molecule has 1 unspecified atom stereocenters. The molecule has 0 bridgehead atoms. The summed E-state index contributed by atoms with van der Waals surface area (Å²) in [6.45, 7) is 0.0103. The second kappa shape index (κ2) is 4.43. The van der Waals surface area contributed by atoms with Gasteiger partial charge in [0, 0.05) is 6.42 Å². The molecule has 2 aliphatic rings. The van der Waals surface area contributed by atoms with Crippen LogP contribution in [0.4, 0.5) is 8.78 Å². The molecule has 0 radical (unpaired) electrons. The topological polar surface area (TPSA) is 46.5 Å². The average molecular weight is 282 g/mol. The highest BCUT2D eigenvalue weighted by Crippen LogP contribution is 2.48. The van der Waals surface area contributed by atoms with Crippen molar-refractivity contribution in [3.63, 3.8) is 0 Å². The van der Waals surface area contributed by atoms with Crippen LogP contribution in [0, 0.1) is 5.92 Å². The molecular formula is C15H16F2O3. The van der Waals surface area contributed by atoms with E-state index in [0.717, 1.165) is 5.56 Å². The Bertz CT molecular complexity index is 520. The normalized spacial score (nSPS) is 25.6. The van der Waals surface area contributed by atoms with Crippen molar-refractivity contribution in [1.82, 2.24) is 0 Å². The molecule has 0 saturated heterocycles. The average Bonchev–Trinajstić information content (AvgIpc) is 3.20. The number of rotatable bonds is 5. The molecule has 0 aliphatic heterocycles. The van der Waals surface area contributed by atoms with Crippen molar-refractivity contribution in [1.29, 1.82) is 0 Å². The second-order valence-corrected chi connectivity index (χ2v) is 5.72. The van der Waals surface area contributed by atoms with E-state index in [2.05, 4.69) is 0 Å². The van der Waals surface area contributed by atoms with Crippen molar-refractivity contribution in [2.45, 2.75) is 37.0 Å². The van der Waals surface area contributed by atoms with Gasteiger partial charge in [0.1, 0.15) is 5.75 Å². The Hall–Kier alpha value is -1.65. The lowest BCUT2D eigenvalue weighted by Gasteiger charge is -2.35. The number of carboxylic acids is 1. The number of benzene rings is 1. The summed E-state index contributed by atoms with van der Waals surface area (Å²) in [5.41, 5.74) is 0.0193.